The van der Waals surface area contributed by atoms with Crippen molar-refractivity contribution in [3.05, 3.63) is 41.7 Å². The van der Waals surface area contributed by atoms with Crippen LogP contribution in [-0.2, 0) is 9.84 Å². The van der Waals surface area contributed by atoms with Gasteiger partial charge < -0.3 is 9.52 Å². The van der Waals surface area contributed by atoms with E-state index in [1.54, 1.807) is 12.1 Å². The zero-order valence-corrected chi connectivity index (χ0v) is 16.9. The standard InChI is InChI=1S/C14H24O2S2.C5H4O3/c1-2-3-4-5-6-7-8-9-13-18(15,16)14-11-10-12-17-14;6-5(7)4-2-1-3-8-4/h10-12H,2-9,13H2,1H3;1-3H,(H,6,7). The summed E-state index contributed by atoms with van der Waals surface area (Å²) in [6.45, 7) is 2.22. The zero-order valence-electron chi connectivity index (χ0n) is 15.2. The van der Waals surface area contributed by atoms with Crippen LogP contribution in [0.2, 0.25) is 0 Å². The van der Waals surface area contributed by atoms with Gasteiger partial charge in [-0.2, -0.15) is 0 Å². The van der Waals surface area contributed by atoms with E-state index in [9.17, 15) is 13.2 Å². The van der Waals surface area contributed by atoms with Crippen LogP contribution < -0.4 is 0 Å². The molecule has 5 nitrogen and oxygen atoms in total. The molecule has 0 atom stereocenters. The Balaban J connectivity index is 0.000000350. The van der Waals surface area contributed by atoms with Crippen LogP contribution in [0.15, 0.2) is 44.5 Å². The van der Waals surface area contributed by atoms with Gasteiger partial charge in [0.1, 0.15) is 4.21 Å². The number of hydrogen-bond donors (Lipinski definition) is 1. The van der Waals surface area contributed by atoms with Crippen molar-refractivity contribution in [2.24, 2.45) is 0 Å². The van der Waals surface area contributed by atoms with Gasteiger partial charge in [0.2, 0.25) is 5.76 Å². The average molecular weight is 401 g/mol. The fourth-order valence-electron chi connectivity index (χ4n) is 2.37. The second kappa shape index (κ2) is 12.7. The molecular weight excluding hydrogens is 372 g/mol. The van der Waals surface area contributed by atoms with E-state index < -0.39 is 15.8 Å². The molecule has 0 aliphatic rings. The summed E-state index contributed by atoms with van der Waals surface area (Å²) in [5.74, 6) is -0.748. The van der Waals surface area contributed by atoms with E-state index in [2.05, 4.69) is 11.3 Å². The van der Waals surface area contributed by atoms with E-state index in [1.165, 1.54) is 68.3 Å². The Morgan fingerprint density at radius 1 is 1.04 bits per heavy atom. The van der Waals surface area contributed by atoms with E-state index in [4.69, 9.17) is 5.11 Å². The highest BCUT2D eigenvalue weighted by atomic mass is 32.2. The SMILES string of the molecule is CCCCCCCCCCS(=O)(=O)c1cccs1.O=C(O)c1ccco1. The molecule has 0 bridgehead atoms. The van der Waals surface area contributed by atoms with Gasteiger partial charge in [-0.3, -0.25) is 0 Å². The second-order valence-electron chi connectivity index (χ2n) is 6.01. The van der Waals surface area contributed by atoms with E-state index in [-0.39, 0.29) is 5.76 Å². The Kier molecular flexibility index (Phi) is 11.0. The molecule has 0 aromatic carbocycles. The summed E-state index contributed by atoms with van der Waals surface area (Å²) < 4.78 is 28.8. The maximum Gasteiger partial charge on any atom is 0.371 e. The van der Waals surface area contributed by atoms with Crippen LogP contribution in [0.5, 0.6) is 0 Å². The lowest BCUT2D eigenvalue weighted by Crippen LogP contribution is -2.04. The van der Waals surface area contributed by atoms with Gasteiger partial charge >= 0.3 is 5.97 Å². The van der Waals surface area contributed by atoms with Crippen LogP contribution in [0.1, 0.15) is 68.8 Å². The van der Waals surface area contributed by atoms with Gasteiger partial charge in [0, 0.05) is 0 Å². The number of hydrogen-bond acceptors (Lipinski definition) is 5. The van der Waals surface area contributed by atoms with Gasteiger partial charge in [-0.25, -0.2) is 13.2 Å². The Hall–Kier alpha value is -1.60. The number of carbonyl (C=O) groups is 1. The molecule has 2 aromatic heterocycles. The number of sulfone groups is 1. The van der Waals surface area contributed by atoms with Crippen LogP contribution in [0, 0.1) is 0 Å². The summed E-state index contributed by atoms with van der Waals surface area (Å²) in [4.78, 5) is 9.97. The maximum atomic E-state index is 11.9. The van der Waals surface area contributed by atoms with Gasteiger partial charge in [0.15, 0.2) is 9.84 Å². The van der Waals surface area contributed by atoms with Crippen LogP contribution in [-0.4, -0.2) is 25.2 Å². The lowest BCUT2D eigenvalue weighted by Gasteiger charge is -2.02. The molecule has 0 fully saturated rings. The molecule has 0 saturated heterocycles. The molecule has 2 rings (SSSR count). The van der Waals surface area contributed by atoms with Crippen molar-refractivity contribution >= 4 is 27.1 Å². The molecule has 2 aromatic rings. The molecule has 146 valence electrons. The third-order valence-corrected chi connectivity index (χ3v) is 7.09. The van der Waals surface area contributed by atoms with Gasteiger partial charge in [-0.1, -0.05) is 57.9 Å². The Labute approximate surface area is 160 Å². The Morgan fingerprint density at radius 2 is 1.69 bits per heavy atom. The second-order valence-corrected chi connectivity index (χ2v) is 9.29. The van der Waals surface area contributed by atoms with Crippen molar-refractivity contribution in [2.75, 3.05) is 5.75 Å². The van der Waals surface area contributed by atoms with Crippen LogP contribution in [0.3, 0.4) is 0 Å². The van der Waals surface area contributed by atoms with Crippen molar-refractivity contribution in [1.82, 2.24) is 0 Å². The number of thiophene rings is 1. The molecule has 0 spiro atoms. The number of unbranched alkanes of at least 4 members (excludes halogenated alkanes) is 7. The van der Waals surface area contributed by atoms with Crippen LogP contribution >= 0.6 is 11.3 Å². The number of rotatable bonds is 11. The smallest absolute Gasteiger partial charge is 0.371 e. The topological polar surface area (TPSA) is 84.6 Å². The van der Waals surface area contributed by atoms with Crippen molar-refractivity contribution in [3.8, 4) is 0 Å². The van der Waals surface area contributed by atoms with E-state index in [0.717, 1.165) is 12.8 Å². The van der Waals surface area contributed by atoms with Crippen LogP contribution in [0.4, 0.5) is 0 Å². The van der Waals surface area contributed by atoms with Gasteiger partial charge in [0.05, 0.1) is 12.0 Å². The summed E-state index contributed by atoms with van der Waals surface area (Å²) in [5.41, 5.74) is 0. The highest BCUT2D eigenvalue weighted by Crippen LogP contribution is 2.19. The molecule has 7 heteroatoms. The van der Waals surface area contributed by atoms with Gasteiger partial charge in [-0.05, 0) is 30.0 Å². The maximum absolute atomic E-state index is 11.9. The molecule has 0 saturated carbocycles. The molecule has 0 radical (unpaired) electrons. The molecule has 1 N–H and O–H groups in total. The Morgan fingerprint density at radius 3 is 2.15 bits per heavy atom. The average Bonchev–Trinajstić information content (AvgIpc) is 3.32. The van der Waals surface area contributed by atoms with E-state index >= 15 is 0 Å². The Bertz CT molecular complexity index is 688. The molecule has 0 aliphatic heterocycles. The fraction of sp³-hybridized carbons (Fsp3) is 0.526. The molecule has 0 unspecified atom stereocenters. The molecule has 26 heavy (non-hydrogen) atoms. The first-order valence-electron chi connectivity index (χ1n) is 9.00. The minimum atomic E-state index is -3.00. The van der Waals surface area contributed by atoms with Crippen molar-refractivity contribution < 1.29 is 22.7 Å². The summed E-state index contributed by atoms with van der Waals surface area (Å²) in [6, 6.07) is 6.42. The third-order valence-electron chi connectivity index (χ3n) is 3.80. The molecule has 0 aliphatic carbocycles. The molecular formula is C19H28O5S2. The first kappa shape index (κ1) is 22.4. The normalized spacial score (nSPS) is 11.0. The lowest BCUT2D eigenvalue weighted by atomic mass is 10.1. The fourth-order valence-corrected chi connectivity index (χ4v) is 4.89. The minimum Gasteiger partial charge on any atom is -0.475 e. The largest absolute Gasteiger partial charge is 0.475 e. The van der Waals surface area contributed by atoms with Gasteiger partial charge in [-0.15, -0.1) is 11.3 Å². The number of aromatic carboxylic acids is 1. The molecule has 0 amide bonds. The first-order valence-corrected chi connectivity index (χ1v) is 11.5. The van der Waals surface area contributed by atoms with Crippen molar-refractivity contribution in [3.63, 3.8) is 0 Å². The number of furan rings is 1. The zero-order chi connectivity index (χ0) is 19.3. The molecule has 2 heterocycles. The van der Waals surface area contributed by atoms with E-state index in [0.29, 0.717) is 9.96 Å². The van der Waals surface area contributed by atoms with Crippen molar-refractivity contribution in [2.45, 2.75) is 62.5 Å². The summed E-state index contributed by atoms with van der Waals surface area (Å²) >= 11 is 1.32. The predicted molar refractivity (Wildman–Crippen MR) is 105 cm³/mol. The quantitative estimate of drug-likeness (QED) is 0.493. The minimum absolute atomic E-state index is 0.0231. The number of carboxylic acid groups (broad SMARTS) is 1. The summed E-state index contributed by atoms with van der Waals surface area (Å²) in [5, 5.41) is 10.0. The third kappa shape index (κ3) is 9.20. The van der Waals surface area contributed by atoms with Crippen LogP contribution in [0.25, 0.3) is 0 Å². The highest BCUT2D eigenvalue weighted by Gasteiger charge is 2.14. The predicted octanol–water partition coefficient (Wildman–Crippen LogP) is 5.64. The highest BCUT2D eigenvalue weighted by molar-refractivity contribution is 7.93. The summed E-state index contributed by atoms with van der Waals surface area (Å²) in [7, 11) is -3.00. The first-order chi connectivity index (χ1) is 12.5. The lowest BCUT2D eigenvalue weighted by molar-refractivity contribution is 0.0662. The number of carboxylic acids is 1. The van der Waals surface area contributed by atoms with E-state index in [1.807, 2.05) is 5.38 Å². The van der Waals surface area contributed by atoms with Crippen molar-refractivity contribution in [1.29, 1.82) is 0 Å². The van der Waals surface area contributed by atoms with Gasteiger partial charge in [0.25, 0.3) is 0 Å². The monoisotopic (exact) mass is 400 g/mol. The summed E-state index contributed by atoms with van der Waals surface area (Å²) in [6.07, 6.45) is 10.8.